The molecule has 0 aliphatic carbocycles. The standard InChI is InChI=1S/C15H22O2/c1-3-4-8-13(2)15(16)17-12-11-14-9-6-5-7-10-14/h5-7,9-10,13H,3-4,8,11-12H2,1-2H3. The van der Waals surface area contributed by atoms with E-state index in [0.717, 1.165) is 25.7 Å². The van der Waals surface area contributed by atoms with E-state index in [2.05, 4.69) is 6.92 Å². The molecule has 0 radical (unpaired) electrons. The maximum absolute atomic E-state index is 11.6. The smallest absolute Gasteiger partial charge is 0.308 e. The molecule has 1 unspecified atom stereocenters. The zero-order chi connectivity index (χ0) is 12.5. The lowest BCUT2D eigenvalue weighted by molar-refractivity contribution is -0.148. The van der Waals surface area contributed by atoms with E-state index in [4.69, 9.17) is 4.74 Å². The zero-order valence-electron chi connectivity index (χ0n) is 10.8. The van der Waals surface area contributed by atoms with Crippen LogP contribution in [0.25, 0.3) is 0 Å². The summed E-state index contributed by atoms with van der Waals surface area (Å²) in [5.74, 6) is -0.0277. The first-order valence-corrected chi connectivity index (χ1v) is 6.44. The number of carbonyl (C=O) groups is 1. The van der Waals surface area contributed by atoms with Crippen molar-refractivity contribution in [3.05, 3.63) is 35.9 Å². The molecule has 0 aromatic heterocycles. The SMILES string of the molecule is CCCCC(C)C(=O)OCCc1ccccc1. The van der Waals surface area contributed by atoms with Crippen molar-refractivity contribution < 1.29 is 9.53 Å². The van der Waals surface area contributed by atoms with Crippen molar-refractivity contribution in [2.24, 2.45) is 5.92 Å². The molecule has 2 nitrogen and oxygen atoms in total. The number of rotatable bonds is 7. The highest BCUT2D eigenvalue weighted by Crippen LogP contribution is 2.10. The van der Waals surface area contributed by atoms with Crippen LogP contribution in [0.5, 0.6) is 0 Å². The Morgan fingerprint density at radius 3 is 2.65 bits per heavy atom. The van der Waals surface area contributed by atoms with Crippen LogP contribution in [-0.4, -0.2) is 12.6 Å². The lowest BCUT2D eigenvalue weighted by atomic mass is 10.1. The Hall–Kier alpha value is -1.31. The third-order valence-corrected chi connectivity index (χ3v) is 2.87. The van der Waals surface area contributed by atoms with Crippen molar-refractivity contribution >= 4 is 5.97 Å². The molecule has 0 spiro atoms. The molecule has 0 fully saturated rings. The highest BCUT2D eigenvalue weighted by atomic mass is 16.5. The van der Waals surface area contributed by atoms with Crippen molar-refractivity contribution in [3.63, 3.8) is 0 Å². The van der Waals surface area contributed by atoms with Gasteiger partial charge in [-0.1, -0.05) is 57.0 Å². The van der Waals surface area contributed by atoms with E-state index in [1.54, 1.807) is 0 Å². The Kier molecular flexibility index (Phi) is 6.38. The molecule has 1 aromatic carbocycles. The van der Waals surface area contributed by atoms with Gasteiger partial charge in [-0.05, 0) is 12.0 Å². The fourth-order valence-electron chi connectivity index (χ4n) is 1.68. The fraction of sp³-hybridized carbons (Fsp3) is 0.533. The Labute approximate surface area is 104 Å². The van der Waals surface area contributed by atoms with Crippen LogP contribution >= 0.6 is 0 Å². The van der Waals surface area contributed by atoms with Crippen molar-refractivity contribution in [2.75, 3.05) is 6.61 Å². The lowest BCUT2D eigenvalue weighted by Crippen LogP contribution is -2.16. The molecule has 1 atom stereocenters. The fourth-order valence-corrected chi connectivity index (χ4v) is 1.68. The zero-order valence-corrected chi connectivity index (χ0v) is 10.8. The average molecular weight is 234 g/mol. The molecule has 94 valence electrons. The van der Waals surface area contributed by atoms with Crippen LogP contribution in [0.3, 0.4) is 0 Å². The largest absolute Gasteiger partial charge is 0.465 e. The van der Waals surface area contributed by atoms with Gasteiger partial charge in [0.05, 0.1) is 12.5 Å². The summed E-state index contributed by atoms with van der Waals surface area (Å²) in [7, 11) is 0. The number of ether oxygens (including phenoxy) is 1. The average Bonchev–Trinajstić information content (AvgIpc) is 2.37. The normalized spacial score (nSPS) is 12.1. The van der Waals surface area contributed by atoms with Gasteiger partial charge >= 0.3 is 5.97 Å². The van der Waals surface area contributed by atoms with E-state index in [0.29, 0.717) is 6.61 Å². The third kappa shape index (κ3) is 5.53. The first kappa shape index (κ1) is 13.8. The predicted octanol–water partition coefficient (Wildman–Crippen LogP) is 3.60. The molecular formula is C15H22O2. The van der Waals surface area contributed by atoms with Crippen molar-refractivity contribution in [3.8, 4) is 0 Å². The summed E-state index contributed by atoms with van der Waals surface area (Å²) in [6, 6.07) is 10.1. The number of hydrogen-bond donors (Lipinski definition) is 0. The molecule has 0 saturated carbocycles. The molecular weight excluding hydrogens is 212 g/mol. The summed E-state index contributed by atoms with van der Waals surface area (Å²) in [5, 5.41) is 0. The Morgan fingerprint density at radius 2 is 2.00 bits per heavy atom. The van der Waals surface area contributed by atoms with Crippen LogP contribution in [0.4, 0.5) is 0 Å². The van der Waals surface area contributed by atoms with Crippen LogP contribution in [0.15, 0.2) is 30.3 Å². The van der Waals surface area contributed by atoms with E-state index in [-0.39, 0.29) is 11.9 Å². The molecule has 0 aliphatic heterocycles. The van der Waals surface area contributed by atoms with Gasteiger partial charge in [0.25, 0.3) is 0 Å². The van der Waals surface area contributed by atoms with Crippen LogP contribution in [0.2, 0.25) is 0 Å². The van der Waals surface area contributed by atoms with Gasteiger partial charge < -0.3 is 4.74 Å². The number of unbranched alkanes of at least 4 members (excludes halogenated alkanes) is 1. The van der Waals surface area contributed by atoms with Crippen LogP contribution in [-0.2, 0) is 16.0 Å². The van der Waals surface area contributed by atoms with E-state index in [9.17, 15) is 4.79 Å². The highest BCUT2D eigenvalue weighted by Gasteiger charge is 2.13. The lowest BCUT2D eigenvalue weighted by Gasteiger charge is -2.10. The van der Waals surface area contributed by atoms with Crippen LogP contribution in [0, 0.1) is 5.92 Å². The molecule has 0 amide bonds. The first-order chi connectivity index (χ1) is 8.24. The van der Waals surface area contributed by atoms with Gasteiger partial charge in [0.1, 0.15) is 0 Å². The molecule has 1 rings (SSSR count). The van der Waals surface area contributed by atoms with Crippen molar-refractivity contribution in [2.45, 2.75) is 39.5 Å². The predicted molar refractivity (Wildman–Crippen MR) is 69.8 cm³/mol. The van der Waals surface area contributed by atoms with Crippen LogP contribution < -0.4 is 0 Å². The minimum atomic E-state index is -0.0608. The highest BCUT2D eigenvalue weighted by molar-refractivity contribution is 5.71. The van der Waals surface area contributed by atoms with Gasteiger partial charge in [-0.15, -0.1) is 0 Å². The molecule has 0 saturated heterocycles. The number of benzene rings is 1. The third-order valence-electron chi connectivity index (χ3n) is 2.87. The second-order valence-corrected chi connectivity index (χ2v) is 4.45. The van der Waals surface area contributed by atoms with Crippen molar-refractivity contribution in [1.82, 2.24) is 0 Å². The van der Waals surface area contributed by atoms with E-state index >= 15 is 0 Å². The Morgan fingerprint density at radius 1 is 1.29 bits per heavy atom. The molecule has 2 heteroatoms. The molecule has 0 heterocycles. The molecule has 0 aliphatic rings. The molecule has 17 heavy (non-hydrogen) atoms. The second-order valence-electron chi connectivity index (χ2n) is 4.45. The number of carbonyl (C=O) groups excluding carboxylic acids is 1. The summed E-state index contributed by atoms with van der Waals surface area (Å²) in [5.41, 5.74) is 1.21. The summed E-state index contributed by atoms with van der Waals surface area (Å²) in [6.45, 7) is 4.56. The molecule has 1 aromatic rings. The minimum absolute atomic E-state index is 0.0331. The summed E-state index contributed by atoms with van der Waals surface area (Å²) < 4.78 is 5.27. The molecule has 0 bridgehead atoms. The topological polar surface area (TPSA) is 26.3 Å². The van der Waals surface area contributed by atoms with Gasteiger partial charge in [0, 0.05) is 6.42 Å². The monoisotopic (exact) mass is 234 g/mol. The van der Waals surface area contributed by atoms with Gasteiger partial charge in [-0.2, -0.15) is 0 Å². The number of hydrogen-bond acceptors (Lipinski definition) is 2. The van der Waals surface area contributed by atoms with Crippen molar-refractivity contribution in [1.29, 1.82) is 0 Å². The maximum atomic E-state index is 11.6. The van der Waals surface area contributed by atoms with Crippen LogP contribution in [0.1, 0.15) is 38.7 Å². The summed E-state index contributed by atoms with van der Waals surface area (Å²) in [6.07, 6.45) is 3.95. The van der Waals surface area contributed by atoms with Gasteiger partial charge in [0.15, 0.2) is 0 Å². The van der Waals surface area contributed by atoms with Gasteiger partial charge in [0.2, 0.25) is 0 Å². The Bertz CT molecular complexity index is 319. The van der Waals surface area contributed by atoms with Gasteiger partial charge in [-0.3, -0.25) is 4.79 Å². The van der Waals surface area contributed by atoms with E-state index in [1.807, 2.05) is 37.3 Å². The summed E-state index contributed by atoms with van der Waals surface area (Å²) >= 11 is 0. The molecule has 0 N–H and O–H groups in total. The van der Waals surface area contributed by atoms with E-state index < -0.39 is 0 Å². The van der Waals surface area contributed by atoms with Gasteiger partial charge in [-0.25, -0.2) is 0 Å². The van der Waals surface area contributed by atoms with E-state index in [1.165, 1.54) is 5.56 Å². The summed E-state index contributed by atoms with van der Waals surface area (Å²) in [4.78, 5) is 11.6. The quantitative estimate of drug-likeness (QED) is 0.674. The minimum Gasteiger partial charge on any atom is -0.465 e. The number of esters is 1. The first-order valence-electron chi connectivity index (χ1n) is 6.44. The maximum Gasteiger partial charge on any atom is 0.308 e. The Balaban J connectivity index is 2.20. The second kappa shape index (κ2) is 7.88.